The fourth-order valence-corrected chi connectivity index (χ4v) is 3.13. The molecular formula is C19H27FN4O2S. The molecular weight excluding hydrogens is 367 g/mol. The number of aryl methyl sites for hydroxylation is 1. The van der Waals surface area contributed by atoms with Crippen molar-refractivity contribution in [3.05, 3.63) is 35.9 Å². The summed E-state index contributed by atoms with van der Waals surface area (Å²) in [6, 6.07) is 5.76. The molecule has 1 atom stereocenters. The van der Waals surface area contributed by atoms with Crippen LogP contribution in [0.2, 0.25) is 0 Å². The predicted octanol–water partition coefficient (Wildman–Crippen LogP) is 3.31. The molecule has 0 radical (unpaired) electrons. The summed E-state index contributed by atoms with van der Waals surface area (Å²) in [6.45, 7) is 7.36. The first kappa shape index (κ1) is 21.2. The first-order chi connectivity index (χ1) is 12.9. The number of carbonyl (C=O) groups is 1. The molecule has 1 unspecified atom stereocenters. The zero-order chi connectivity index (χ0) is 19.8. The Bertz CT molecular complexity index is 751. The Kier molecular flexibility index (Phi) is 8.09. The van der Waals surface area contributed by atoms with E-state index in [1.165, 1.54) is 12.1 Å². The van der Waals surface area contributed by atoms with Gasteiger partial charge in [0.25, 0.3) is 5.91 Å². The molecule has 0 saturated heterocycles. The van der Waals surface area contributed by atoms with Crippen LogP contribution in [0.4, 0.5) is 4.39 Å². The largest absolute Gasteiger partial charge is 0.481 e. The fraction of sp³-hybridized carbons (Fsp3) is 0.526. The van der Waals surface area contributed by atoms with Gasteiger partial charge in [0.1, 0.15) is 17.4 Å². The van der Waals surface area contributed by atoms with Gasteiger partial charge in [-0.1, -0.05) is 31.7 Å². The molecule has 0 fully saturated rings. The van der Waals surface area contributed by atoms with Crippen LogP contribution in [0.15, 0.2) is 29.4 Å². The highest BCUT2D eigenvalue weighted by Gasteiger charge is 2.15. The average Bonchev–Trinajstić information content (AvgIpc) is 2.99. The molecule has 0 aliphatic rings. The second-order valence-electron chi connectivity index (χ2n) is 6.72. The molecule has 1 heterocycles. The highest BCUT2D eigenvalue weighted by atomic mass is 32.2. The summed E-state index contributed by atoms with van der Waals surface area (Å²) in [5.41, 5.74) is 0. The minimum Gasteiger partial charge on any atom is -0.481 e. The minimum atomic E-state index is -0.695. The highest BCUT2D eigenvalue weighted by molar-refractivity contribution is 7.98. The van der Waals surface area contributed by atoms with Gasteiger partial charge in [-0.05, 0) is 37.7 Å². The number of nitrogens with zero attached hydrogens (tertiary/aromatic N) is 3. The number of hydrogen-bond donors (Lipinski definition) is 1. The molecule has 1 aromatic heterocycles. The molecule has 8 heteroatoms. The average molecular weight is 395 g/mol. The Morgan fingerprint density at radius 3 is 2.78 bits per heavy atom. The summed E-state index contributed by atoms with van der Waals surface area (Å²) >= 11 is 1.58. The van der Waals surface area contributed by atoms with Crippen molar-refractivity contribution in [1.82, 2.24) is 20.1 Å². The zero-order valence-corrected chi connectivity index (χ0v) is 17.1. The van der Waals surface area contributed by atoms with Crippen molar-refractivity contribution in [1.29, 1.82) is 0 Å². The van der Waals surface area contributed by atoms with E-state index in [4.69, 9.17) is 4.74 Å². The Hall–Kier alpha value is -2.09. The molecule has 6 nitrogen and oxygen atoms in total. The molecule has 0 bridgehead atoms. The Balaban J connectivity index is 1.79. The van der Waals surface area contributed by atoms with Gasteiger partial charge in [-0.15, -0.1) is 10.2 Å². The second kappa shape index (κ2) is 10.3. The number of hydrogen-bond acceptors (Lipinski definition) is 5. The molecule has 0 aliphatic heterocycles. The van der Waals surface area contributed by atoms with E-state index in [2.05, 4.69) is 33.9 Å². The summed E-state index contributed by atoms with van der Waals surface area (Å²) in [5, 5.41) is 12.3. The van der Waals surface area contributed by atoms with Gasteiger partial charge in [-0.3, -0.25) is 4.79 Å². The predicted molar refractivity (Wildman–Crippen MR) is 104 cm³/mol. The van der Waals surface area contributed by atoms with E-state index in [9.17, 15) is 9.18 Å². The summed E-state index contributed by atoms with van der Waals surface area (Å²) < 4.78 is 20.8. The van der Waals surface area contributed by atoms with E-state index < -0.39 is 11.9 Å². The number of carbonyl (C=O) groups excluding carboxylic acids is 1. The molecule has 0 aliphatic carbocycles. The number of halogens is 1. The zero-order valence-electron chi connectivity index (χ0n) is 16.2. The Labute approximate surface area is 163 Å². The summed E-state index contributed by atoms with van der Waals surface area (Å²) in [7, 11) is 0. The quantitative estimate of drug-likeness (QED) is 0.495. The van der Waals surface area contributed by atoms with Gasteiger partial charge >= 0.3 is 0 Å². The van der Waals surface area contributed by atoms with Crippen molar-refractivity contribution in [3.63, 3.8) is 0 Å². The number of aromatic nitrogens is 3. The number of nitrogens with one attached hydrogen (secondary N) is 1. The lowest BCUT2D eigenvalue weighted by atomic mass is 10.2. The van der Waals surface area contributed by atoms with Crippen LogP contribution in [0, 0.1) is 11.7 Å². The molecule has 1 amide bonds. The summed E-state index contributed by atoms with van der Waals surface area (Å²) in [6.07, 6.45) is 2.78. The van der Waals surface area contributed by atoms with Crippen LogP contribution in [-0.4, -0.2) is 39.6 Å². The van der Waals surface area contributed by atoms with E-state index in [0.29, 0.717) is 18.2 Å². The molecule has 0 saturated carbocycles. The smallest absolute Gasteiger partial charge is 0.260 e. The van der Waals surface area contributed by atoms with Gasteiger partial charge in [0.05, 0.1) is 0 Å². The maximum absolute atomic E-state index is 13.2. The monoisotopic (exact) mass is 394 g/mol. The van der Waals surface area contributed by atoms with E-state index in [1.54, 1.807) is 30.8 Å². The van der Waals surface area contributed by atoms with Gasteiger partial charge in [0.15, 0.2) is 11.3 Å². The van der Waals surface area contributed by atoms with Crippen LogP contribution in [-0.2, 0) is 17.8 Å². The Morgan fingerprint density at radius 2 is 2.11 bits per heavy atom. The number of amides is 1. The third kappa shape index (κ3) is 6.53. The minimum absolute atomic E-state index is 0.229. The third-order valence-electron chi connectivity index (χ3n) is 3.88. The van der Waals surface area contributed by atoms with Crippen LogP contribution < -0.4 is 10.1 Å². The number of rotatable bonds is 10. The molecule has 148 valence electrons. The molecule has 2 rings (SSSR count). The van der Waals surface area contributed by atoms with Gasteiger partial charge in [0, 0.05) is 25.6 Å². The highest BCUT2D eigenvalue weighted by Crippen LogP contribution is 2.17. The lowest BCUT2D eigenvalue weighted by Gasteiger charge is -2.15. The Morgan fingerprint density at radius 1 is 1.33 bits per heavy atom. The van der Waals surface area contributed by atoms with Crippen LogP contribution >= 0.6 is 11.8 Å². The summed E-state index contributed by atoms with van der Waals surface area (Å²) in [5.74, 6) is 1.16. The van der Waals surface area contributed by atoms with Crippen molar-refractivity contribution in [2.24, 2.45) is 5.92 Å². The van der Waals surface area contributed by atoms with Crippen LogP contribution in [0.5, 0.6) is 5.75 Å². The molecule has 27 heavy (non-hydrogen) atoms. The van der Waals surface area contributed by atoms with Crippen molar-refractivity contribution in [2.75, 3.05) is 12.8 Å². The fourth-order valence-electron chi connectivity index (χ4n) is 2.60. The SMILES string of the molecule is CSc1nnc(CCCNC(=O)C(C)Oc2cccc(F)c2)n1CC(C)C. The normalized spacial score (nSPS) is 12.2. The lowest BCUT2D eigenvalue weighted by molar-refractivity contribution is -0.127. The first-order valence-corrected chi connectivity index (χ1v) is 10.3. The van der Waals surface area contributed by atoms with Crippen molar-refractivity contribution >= 4 is 17.7 Å². The first-order valence-electron chi connectivity index (χ1n) is 9.06. The van der Waals surface area contributed by atoms with E-state index in [0.717, 1.165) is 30.4 Å². The maximum Gasteiger partial charge on any atom is 0.260 e. The topological polar surface area (TPSA) is 69.0 Å². The van der Waals surface area contributed by atoms with E-state index in [1.807, 2.05) is 6.26 Å². The maximum atomic E-state index is 13.2. The number of ether oxygens (including phenoxy) is 1. The summed E-state index contributed by atoms with van der Waals surface area (Å²) in [4.78, 5) is 12.1. The molecule has 1 aromatic carbocycles. The molecule has 0 spiro atoms. The van der Waals surface area contributed by atoms with Crippen LogP contribution in [0.3, 0.4) is 0 Å². The van der Waals surface area contributed by atoms with Gasteiger partial charge in [-0.25, -0.2) is 4.39 Å². The van der Waals surface area contributed by atoms with Gasteiger partial charge in [0.2, 0.25) is 0 Å². The lowest BCUT2D eigenvalue weighted by Crippen LogP contribution is -2.37. The molecule has 1 N–H and O–H groups in total. The second-order valence-corrected chi connectivity index (χ2v) is 7.49. The number of benzene rings is 1. The standard InChI is InChI=1S/C19H27FN4O2S/c1-13(2)12-24-17(22-23-19(24)27-4)9-6-10-21-18(25)14(3)26-16-8-5-7-15(20)11-16/h5,7-8,11,13-14H,6,9-10,12H2,1-4H3,(H,21,25). The van der Waals surface area contributed by atoms with Crippen LogP contribution in [0.25, 0.3) is 0 Å². The van der Waals surface area contributed by atoms with Crippen LogP contribution in [0.1, 0.15) is 33.0 Å². The number of thioether (sulfide) groups is 1. The van der Waals surface area contributed by atoms with Gasteiger partial charge < -0.3 is 14.6 Å². The molecule has 2 aromatic rings. The van der Waals surface area contributed by atoms with E-state index >= 15 is 0 Å². The third-order valence-corrected chi connectivity index (χ3v) is 4.55. The van der Waals surface area contributed by atoms with Gasteiger partial charge in [-0.2, -0.15) is 0 Å². The van der Waals surface area contributed by atoms with Crippen molar-refractivity contribution in [3.8, 4) is 5.75 Å². The van der Waals surface area contributed by atoms with Crippen molar-refractivity contribution in [2.45, 2.75) is 51.4 Å². The van der Waals surface area contributed by atoms with E-state index in [-0.39, 0.29) is 5.91 Å². The van der Waals surface area contributed by atoms with Crippen molar-refractivity contribution < 1.29 is 13.9 Å².